The minimum atomic E-state index is 0.480. The second-order valence-electron chi connectivity index (χ2n) is 4.73. The molecule has 1 heterocycles. The molecule has 0 amide bonds. The molecule has 0 atom stereocenters. The first-order chi connectivity index (χ1) is 9.61. The molecular formula is C16H20N2O2. The monoisotopic (exact) mass is 272 g/mol. The Hall–Kier alpha value is -2.23. The van der Waals surface area contributed by atoms with E-state index >= 15 is 0 Å². The molecule has 0 aliphatic carbocycles. The predicted octanol–water partition coefficient (Wildman–Crippen LogP) is 3.86. The van der Waals surface area contributed by atoms with Crippen molar-refractivity contribution in [1.29, 1.82) is 0 Å². The van der Waals surface area contributed by atoms with Crippen molar-refractivity contribution < 1.29 is 9.47 Å². The van der Waals surface area contributed by atoms with Crippen LogP contribution in [0, 0.1) is 13.8 Å². The minimum Gasteiger partial charge on any atom is -0.488 e. The second kappa shape index (κ2) is 6.28. The zero-order valence-corrected chi connectivity index (χ0v) is 12.1. The molecule has 0 spiro atoms. The average molecular weight is 272 g/mol. The van der Waals surface area contributed by atoms with Gasteiger partial charge in [0.05, 0.1) is 6.61 Å². The Morgan fingerprint density at radius 1 is 1.15 bits per heavy atom. The van der Waals surface area contributed by atoms with Crippen LogP contribution in [0.3, 0.4) is 0 Å². The van der Waals surface area contributed by atoms with E-state index < -0.39 is 0 Å². The predicted molar refractivity (Wildman–Crippen MR) is 80.4 cm³/mol. The Labute approximate surface area is 119 Å². The molecular weight excluding hydrogens is 252 g/mol. The Kier molecular flexibility index (Phi) is 4.45. The minimum absolute atomic E-state index is 0.480. The third-order valence-electron chi connectivity index (χ3n) is 2.97. The van der Waals surface area contributed by atoms with Crippen LogP contribution in [0.4, 0.5) is 5.69 Å². The highest BCUT2D eigenvalue weighted by Crippen LogP contribution is 2.32. The fourth-order valence-corrected chi connectivity index (χ4v) is 1.80. The van der Waals surface area contributed by atoms with E-state index in [4.69, 9.17) is 15.2 Å². The zero-order chi connectivity index (χ0) is 14.5. The summed E-state index contributed by atoms with van der Waals surface area (Å²) in [7, 11) is 0. The number of nitrogens with zero attached hydrogens (tertiary/aromatic N) is 1. The maximum Gasteiger partial charge on any atom is 0.262 e. The van der Waals surface area contributed by atoms with Gasteiger partial charge in [-0.05, 0) is 55.7 Å². The standard InChI is InChI=1S/C16H20N2O2/c1-4-8-19-14-6-5-7-18-16(14)20-15-10-11(2)13(17)9-12(15)3/h5-7,9-10H,4,8,17H2,1-3H3. The van der Waals surface area contributed by atoms with Gasteiger partial charge in [-0.15, -0.1) is 0 Å². The summed E-state index contributed by atoms with van der Waals surface area (Å²) in [5.74, 6) is 1.88. The number of benzene rings is 1. The van der Waals surface area contributed by atoms with Crippen LogP contribution in [0.5, 0.6) is 17.4 Å². The van der Waals surface area contributed by atoms with E-state index in [1.54, 1.807) is 6.20 Å². The molecule has 0 bridgehead atoms. The highest BCUT2D eigenvalue weighted by atomic mass is 16.5. The second-order valence-corrected chi connectivity index (χ2v) is 4.73. The van der Waals surface area contributed by atoms with Crippen molar-refractivity contribution in [3.05, 3.63) is 41.6 Å². The summed E-state index contributed by atoms with van der Waals surface area (Å²) in [6, 6.07) is 7.51. The lowest BCUT2D eigenvalue weighted by molar-refractivity contribution is 0.297. The van der Waals surface area contributed by atoms with E-state index in [0.29, 0.717) is 18.2 Å². The fourth-order valence-electron chi connectivity index (χ4n) is 1.80. The van der Waals surface area contributed by atoms with Crippen molar-refractivity contribution in [3.8, 4) is 17.4 Å². The van der Waals surface area contributed by atoms with Crippen molar-refractivity contribution in [1.82, 2.24) is 4.98 Å². The largest absolute Gasteiger partial charge is 0.488 e. The molecule has 20 heavy (non-hydrogen) atoms. The molecule has 1 aromatic carbocycles. The van der Waals surface area contributed by atoms with Crippen LogP contribution in [-0.4, -0.2) is 11.6 Å². The van der Waals surface area contributed by atoms with Crippen molar-refractivity contribution in [2.75, 3.05) is 12.3 Å². The molecule has 2 aromatic rings. The average Bonchev–Trinajstić information content (AvgIpc) is 2.44. The van der Waals surface area contributed by atoms with Crippen molar-refractivity contribution >= 4 is 5.69 Å². The normalized spacial score (nSPS) is 10.3. The topological polar surface area (TPSA) is 57.4 Å². The Balaban J connectivity index is 2.28. The molecule has 0 saturated heterocycles. The van der Waals surface area contributed by atoms with Gasteiger partial charge < -0.3 is 15.2 Å². The highest BCUT2D eigenvalue weighted by Gasteiger charge is 2.10. The van der Waals surface area contributed by atoms with E-state index in [-0.39, 0.29) is 0 Å². The fraction of sp³-hybridized carbons (Fsp3) is 0.312. The summed E-state index contributed by atoms with van der Waals surface area (Å²) in [6.45, 7) is 6.61. The Bertz CT molecular complexity index is 597. The molecule has 0 aliphatic heterocycles. The molecule has 0 fully saturated rings. The summed E-state index contributed by atoms with van der Waals surface area (Å²) in [5.41, 5.74) is 8.60. The first kappa shape index (κ1) is 14.2. The summed E-state index contributed by atoms with van der Waals surface area (Å²) in [4.78, 5) is 4.24. The number of hydrogen-bond acceptors (Lipinski definition) is 4. The lowest BCUT2D eigenvalue weighted by atomic mass is 10.1. The van der Waals surface area contributed by atoms with Gasteiger partial charge in [0.25, 0.3) is 5.88 Å². The van der Waals surface area contributed by atoms with Gasteiger partial charge in [-0.2, -0.15) is 0 Å². The van der Waals surface area contributed by atoms with Gasteiger partial charge in [0, 0.05) is 11.9 Å². The van der Waals surface area contributed by atoms with E-state index in [2.05, 4.69) is 11.9 Å². The lowest BCUT2D eigenvalue weighted by Crippen LogP contribution is -2.00. The number of aromatic nitrogens is 1. The van der Waals surface area contributed by atoms with Crippen LogP contribution in [0.2, 0.25) is 0 Å². The van der Waals surface area contributed by atoms with Gasteiger partial charge >= 0.3 is 0 Å². The van der Waals surface area contributed by atoms with Crippen LogP contribution in [0.15, 0.2) is 30.5 Å². The smallest absolute Gasteiger partial charge is 0.262 e. The summed E-state index contributed by atoms with van der Waals surface area (Å²) < 4.78 is 11.5. The number of nitrogens with two attached hydrogens (primary N) is 1. The van der Waals surface area contributed by atoms with Gasteiger partial charge in [-0.3, -0.25) is 0 Å². The van der Waals surface area contributed by atoms with Gasteiger partial charge in [-0.1, -0.05) is 6.92 Å². The van der Waals surface area contributed by atoms with Crippen LogP contribution < -0.4 is 15.2 Å². The third kappa shape index (κ3) is 3.20. The van der Waals surface area contributed by atoms with Crippen LogP contribution in [0.25, 0.3) is 0 Å². The molecule has 0 saturated carbocycles. The molecule has 4 nitrogen and oxygen atoms in total. The van der Waals surface area contributed by atoms with Crippen molar-refractivity contribution in [2.45, 2.75) is 27.2 Å². The highest BCUT2D eigenvalue weighted by molar-refractivity contribution is 5.54. The number of ether oxygens (including phenoxy) is 2. The Morgan fingerprint density at radius 2 is 1.95 bits per heavy atom. The summed E-state index contributed by atoms with van der Waals surface area (Å²) in [5, 5.41) is 0. The maximum absolute atomic E-state index is 5.88. The van der Waals surface area contributed by atoms with E-state index in [0.717, 1.165) is 29.0 Å². The summed E-state index contributed by atoms with van der Waals surface area (Å²) >= 11 is 0. The lowest BCUT2D eigenvalue weighted by Gasteiger charge is -2.13. The number of pyridine rings is 1. The van der Waals surface area contributed by atoms with Gasteiger partial charge in [0.1, 0.15) is 5.75 Å². The van der Waals surface area contributed by atoms with E-state index in [1.165, 1.54) is 0 Å². The zero-order valence-electron chi connectivity index (χ0n) is 12.1. The van der Waals surface area contributed by atoms with Crippen molar-refractivity contribution in [3.63, 3.8) is 0 Å². The first-order valence-electron chi connectivity index (χ1n) is 6.74. The first-order valence-corrected chi connectivity index (χ1v) is 6.74. The SMILES string of the molecule is CCCOc1cccnc1Oc1cc(C)c(N)cc1C. The third-order valence-corrected chi connectivity index (χ3v) is 2.97. The molecule has 0 aliphatic rings. The number of aryl methyl sites for hydroxylation is 2. The molecule has 0 radical (unpaired) electrons. The van der Waals surface area contributed by atoms with Crippen LogP contribution in [-0.2, 0) is 0 Å². The number of rotatable bonds is 5. The van der Waals surface area contributed by atoms with Crippen LogP contribution >= 0.6 is 0 Å². The van der Waals surface area contributed by atoms with Crippen LogP contribution in [0.1, 0.15) is 24.5 Å². The Morgan fingerprint density at radius 3 is 2.70 bits per heavy atom. The maximum atomic E-state index is 5.88. The quantitative estimate of drug-likeness (QED) is 0.840. The molecule has 4 heteroatoms. The molecule has 2 rings (SSSR count). The van der Waals surface area contributed by atoms with E-state index in [9.17, 15) is 0 Å². The van der Waals surface area contributed by atoms with Gasteiger partial charge in [0.2, 0.25) is 0 Å². The number of anilines is 1. The van der Waals surface area contributed by atoms with Gasteiger partial charge in [-0.25, -0.2) is 4.98 Å². The van der Waals surface area contributed by atoms with Crippen molar-refractivity contribution in [2.24, 2.45) is 0 Å². The number of nitrogen functional groups attached to an aromatic ring is 1. The van der Waals surface area contributed by atoms with Gasteiger partial charge in [0.15, 0.2) is 5.75 Å². The molecule has 106 valence electrons. The van der Waals surface area contributed by atoms with E-state index in [1.807, 2.05) is 38.1 Å². The number of hydrogen-bond donors (Lipinski definition) is 1. The summed E-state index contributed by atoms with van der Waals surface area (Å²) in [6.07, 6.45) is 2.63. The molecule has 2 N–H and O–H groups in total. The molecule has 1 aromatic heterocycles. The molecule has 0 unspecified atom stereocenters.